The monoisotopic (exact) mass is 337 g/mol. The smallest absolute Gasteiger partial charge is 0.162 e. The third kappa shape index (κ3) is 2.73. The number of methoxy groups -OCH3 is 1. The van der Waals surface area contributed by atoms with Crippen molar-refractivity contribution in [3.8, 4) is 11.5 Å². The minimum absolute atomic E-state index is 0. The summed E-state index contributed by atoms with van der Waals surface area (Å²) < 4.78 is 11.7. The van der Waals surface area contributed by atoms with Gasteiger partial charge in [-0.1, -0.05) is 18.2 Å². The lowest BCUT2D eigenvalue weighted by atomic mass is 9.71. The second-order valence-electron chi connectivity index (χ2n) is 6.73. The fraction of sp³-hybridized carbons (Fsp3) is 0.556. The molecule has 0 unspecified atom stereocenters. The van der Waals surface area contributed by atoms with Crippen LogP contribution in [0.2, 0.25) is 0 Å². The van der Waals surface area contributed by atoms with E-state index in [0.29, 0.717) is 17.9 Å². The summed E-state index contributed by atoms with van der Waals surface area (Å²) in [6.07, 6.45) is 5.46. The predicted molar refractivity (Wildman–Crippen MR) is 91.5 cm³/mol. The van der Waals surface area contributed by atoms with Crippen LogP contribution in [0.4, 0.5) is 0 Å². The van der Waals surface area contributed by atoms with Crippen LogP contribution in [0.5, 0.6) is 11.5 Å². The zero-order valence-corrected chi connectivity index (χ0v) is 14.3. The molecule has 4 rings (SSSR count). The van der Waals surface area contributed by atoms with E-state index >= 15 is 0 Å². The number of likely N-dealkylation sites (N-methyl/N-ethyl adjacent to an activating group) is 1. The van der Waals surface area contributed by atoms with Crippen LogP contribution in [-0.4, -0.2) is 49.0 Å². The Morgan fingerprint density at radius 1 is 1.30 bits per heavy atom. The third-order valence-electron chi connectivity index (χ3n) is 5.55. The zero-order valence-electron chi connectivity index (χ0n) is 13.5. The van der Waals surface area contributed by atoms with Gasteiger partial charge in [-0.3, -0.25) is 0 Å². The molecule has 23 heavy (non-hydrogen) atoms. The number of rotatable bonds is 1. The van der Waals surface area contributed by atoms with E-state index in [0.717, 1.165) is 30.9 Å². The van der Waals surface area contributed by atoms with E-state index in [9.17, 15) is 5.11 Å². The van der Waals surface area contributed by atoms with Crippen molar-refractivity contribution in [1.82, 2.24) is 4.90 Å². The second-order valence-corrected chi connectivity index (χ2v) is 6.73. The van der Waals surface area contributed by atoms with Crippen LogP contribution in [0.3, 0.4) is 0 Å². The van der Waals surface area contributed by atoms with Gasteiger partial charge in [0.2, 0.25) is 0 Å². The molecule has 1 aromatic carbocycles. The maximum absolute atomic E-state index is 10.4. The maximum Gasteiger partial charge on any atom is 0.162 e. The van der Waals surface area contributed by atoms with E-state index in [-0.39, 0.29) is 18.5 Å². The molecule has 0 amide bonds. The van der Waals surface area contributed by atoms with Crippen molar-refractivity contribution in [2.24, 2.45) is 11.8 Å². The minimum Gasteiger partial charge on any atom is -0.493 e. The van der Waals surface area contributed by atoms with E-state index in [1.807, 2.05) is 12.1 Å². The number of halogens is 1. The topological polar surface area (TPSA) is 41.9 Å². The van der Waals surface area contributed by atoms with Crippen molar-refractivity contribution >= 4 is 12.4 Å². The number of aliphatic hydroxyl groups excluding tert-OH is 1. The molecule has 4 nitrogen and oxygen atoms in total. The molecule has 1 fully saturated rings. The summed E-state index contributed by atoms with van der Waals surface area (Å²) in [4.78, 5) is 2.45. The van der Waals surface area contributed by atoms with E-state index in [2.05, 4.69) is 30.2 Å². The highest BCUT2D eigenvalue weighted by atomic mass is 35.5. The van der Waals surface area contributed by atoms with Gasteiger partial charge < -0.3 is 19.5 Å². The molecule has 3 aliphatic rings. The summed E-state index contributed by atoms with van der Waals surface area (Å²) in [7, 11) is 3.87. The molecule has 5 heteroatoms. The summed E-state index contributed by atoms with van der Waals surface area (Å²) in [5.41, 5.74) is 1.27. The number of fused-ring (bicyclic) bond motifs is 2. The van der Waals surface area contributed by atoms with Crippen molar-refractivity contribution < 1.29 is 14.6 Å². The normalized spacial score (nSPS) is 35.2. The third-order valence-corrected chi connectivity index (χ3v) is 5.55. The first-order valence-electron chi connectivity index (χ1n) is 8.07. The Morgan fingerprint density at radius 2 is 2.13 bits per heavy atom. The Kier molecular flexibility index (Phi) is 4.59. The second kappa shape index (κ2) is 6.34. The molecule has 126 valence electrons. The Morgan fingerprint density at radius 3 is 2.91 bits per heavy atom. The number of aliphatic hydroxyl groups is 1. The van der Waals surface area contributed by atoms with Crippen LogP contribution in [-0.2, 0) is 6.42 Å². The van der Waals surface area contributed by atoms with Crippen LogP contribution >= 0.6 is 12.4 Å². The molecular formula is C18H24ClNO3. The van der Waals surface area contributed by atoms with Gasteiger partial charge in [0.05, 0.1) is 7.11 Å². The maximum atomic E-state index is 10.4. The molecule has 6 bridgehead atoms. The number of benzene rings is 1. The number of piperidine rings is 1. The lowest BCUT2D eigenvalue weighted by Crippen LogP contribution is -2.55. The standard InChI is InChI=1S/C18H23NO3.ClH/c1-19-8-7-13-12-4-5-15(20)18(13)22-17-10-11(9-14(12)19)3-6-16(17)21-2;/h3-6,10,12-15,18,20H,7-9H2,1-2H3;1H/t12-,13+,14-,15+,18-;/m1./s1. The molecule has 0 aromatic heterocycles. The Balaban J connectivity index is 0.00000156. The van der Waals surface area contributed by atoms with Crippen molar-refractivity contribution in [2.45, 2.75) is 31.1 Å². The van der Waals surface area contributed by atoms with Gasteiger partial charge in [-0.05, 0) is 50.0 Å². The quantitative estimate of drug-likeness (QED) is 0.798. The number of nitrogens with zero attached hydrogens (tertiary/aromatic N) is 1. The number of hydrogen-bond acceptors (Lipinski definition) is 4. The Bertz CT molecular complexity index is 606. The largest absolute Gasteiger partial charge is 0.493 e. The van der Waals surface area contributed by atoms with Gasteiger partial charge in [-0.2, -0.15) is 0 Å². The highest BCUT2D eigenvalue weighted by molar-refractivity contribution is 5.85. The van der Waals surface area contributed by atoms with Crippen molar-refractivity contribution in [3.63, 3.8) is 0 Å². The SMILES string of the molecule is COc1ccc2cc1O[C@@H]1[C@H]3CCN(C)[C@H](C2)[C@@H]3C=C[C@@H]1O.Cl. The lowest BCUT2D eigenvalue weighted by Gasteiger charge is -2.47. The van der Waals surface area contributed by atoms with Crippen molar-refractivity contribution in [2.75, 3.05) is 20.7 Å². The first-order valence-corrected chi connectivity index (χ1v) is 8.07. The van der Waals surface area contributed by atoms with Crippen LogP contribution in [0, 0.1) is 11.8 Å². The molecule has 0 spiro atoms. The van der Waals surface area contributed by atoms with Gasteiger partial charge in [-0.15, -0.1) is 12.4 Å². The summed E-state index contributed by atoms with van der Waals surface area (Å²) >= 11 is 0. The van der Waals surface area contributed by atoms with E-state index < -0.39 is 6.10 Å². The van der Waals surface area contributed by atoms with Gasteiger partial charge in [0.1, 0.15) is 12.2 Å². The summed E-state index contributed by atoms with van der Waals surface area (Å²) in [6.45, 7) is 1.05. The Labute approximate surface area is 143 Å². The molecule has 5 atom stereocenters. The van der Waals surface area contributed by atoms with Crippen molar-refractivity contribution in [1.29, 1.82) is 0 Å². The molecule has 0 radical (unpaired) electrons. The number of likely N-dealkylation sites (tertiary alicyclic amines) is 1. The van der Waals surface area contributed by atoms with E-state index in [1.54, 1.807) is 7.11 Å². The van der Waals surface area contributed by atoms with Crippen LogP contribution < -0.4 is 9.47 Å². The van der Waals surface area contributed by atoms with E-state index in [1.165, 1.54) is 5.56 Å². The van der Waals surface area contributed by atoms with Crippen LogP contribution in [0.1, 0.15) is 12.0 Å². The molecule has 0 saturated carbocycles. The van der Waals surface area contributed by atoms with Gasteiger partial charge in [-0.25, -0.2) is 0 Å². The first-order chi connectivity index (χ1) is 10.7. The van der Waals surface area contributed by atoms with Gasteiger partial charge in [0.25, 0.3) is 0 Å². The van der Waals surface area contributed by atoms with Gasteiger partial charge >= 0.3 is 0 Å². The number of hydrogen-bond donors (Lipinski definition) is 1. The minimum atomic E-state index is -0.545. The lowest BCUT2D eigenvalue weighted by molar-refractivity contribution is -0.0366. The van der Waals surface area contributed by atoms with E-state index in [4.69, 9.17) is 9.47 Å². The summed E-state index contributed by atoms with van der Waals surface area (Å²) in [6, 6.07) is 6.64. The predicted octanol–water partition coefficient (Wildman–Crippen LogP) is 2.29. The van der Waals surface area contributed by atoms with Gasteiger partial charge in [0.15, 0.2) is 11.5 Å². The average molecular weight is 338 g/mol. The molecule has 1 aromatic rings. The molecule has 1 saturated heterocycles. The average Bonchev–Trinajstić information content (AvgIpc) is 2.54. The number of ether oxygens (including phenoxy) is 2. The fourth-order valence-electron chi connectivity index (χ4n) is 4.33. The van der Waals surface area contributed by atoms with Gasteiger partial charge in [0, 0.05) is 12.0 Å². The molecule has 2 heterocycles. The zero-order chi connectivity index (χ0) is 15.3. The molecular weight excluding hydrogens is 314 g/mol. The van der Waals surface area contributed by atoms with Crippen molar-refractivity contribution in [3.05, 3.63) is 35.9 Å². The highest BCUT2D eigenvalue weighted by Crippen LogP contribution is 2.42. The summed E-state index contributed by atoms with van der Waals surface area (Å²) in [5.74, 6) is 2.30. The molecule has 2 aliphatic heterocycles. The molecule has 1 N–H and O–H groups in total. The molecule has 1 aliphatic carbocycles. The highest BCUT2D eigenvalue weighted by Gasteiger charge is 2.45. The summed E-state index contributed by atoms with van der Waals surface area (Å²) in [5, 5.41) is 10.4. The fourth-order valence-corrected chi connectivity index (χ4v) is 4.33. The Hall–Kier alpha value is -1.23. The van der Waals surface area contributed by atoms with Crippen LogP contribution in [0.25, 0.3) is 0 Å². The first kappa shape index (κ1) is 16.6. The van der Waals surface area contributed by atoms with Crippen LogP contribution in [0.15, 0.2) is 30.4 Å².